The molecule has 0 unspecified atom stereocenters. The molecule has 22 heavy (non-hydrogen) atoms. The second-order valence-electron chi connectivity index (χ2n) is 4.85. The van der Waals surface area contributed by atoms with Crippen LogP contribution in [-0.4, -0.2) is 35.3 Å². The Morgan fingerprint density at radius 3 is 2.64 bits per heavy atom. The summed E-state index contributed by atoms with van der Waals surface area (Å²) in [6.45, 7) is 3.22. The largest absolute Gasteiger partial charge is 0.374 e. The van der Waals surface area contributed by atoms with Crippen molar-refractivity contribution < 1.29 is 4.79 Å². The van der Waals surface area contributed by atoms with Crippen molar-refractivity contribution in [3.63, 3.8) is 0 Å². The monoisotopic (exact) mass is 331 g/mol. The maximum absolute atomic E-state index is 12.2. The Bertz CT molecular complexity index is 646. The lowest BCUT2D eigenvalue weighted by Crippen LogP contribution is -2.27. The molecule has 4 nitrogen and oxygen atoms in total. The first-order valence-electron chi connectivity index (χ1n) is 7.00. The summed E-state index contributed by atoms with van der Waals surface area (Å²) in [5, 5.41) is 8.62. The van der Waals surface area contributed by atoms with Crippen LogP contribution in [0.2, 0.25) is 0 Å². The number of amides is 1. The van der Waals surface area contributed by atoms with Crippen LogP contribution >= 0.6 is 24.0 Å². The first-order valence-corrected chi connectivity index (χ1v) is 8.22. The second-order valence-corrected chi connectivity index (χ2v) is 6.52. The van der Waals surface area contributed by atoms with Crippen LogP contribution < -0.4 is 4.90 Å². The van der Waals surface area contributed by atoms with Crippen LogP contribution in [0.1, 0.15) is 18.9 Å². The number of thiocarbonyl (C=S) groups is 1. The van der Waals surface area contributed by atoms with Crippen LogP contribution in [-0.2, 0) is 4.79 Å². The fourth-order valence-corrected chi connectivity index (χ4v) is 3.48. The average molecular weight is 331 g/mol. The minimum absolute atomic E-state index is 0.0206. The van der Waals surface area contributed by atoms with Crippen molar-refractivity contribution in [3.05, 3.63) is 34.7 Å². The van der Waals surface area contributed by atoms with E-state index in [2.05, 4.69) is 6.07 Å². The van der Waals surface area contributed by atoms with Crippen molar-refractivity contribution in [2.24, 2.45) is 0 Å². The van der Waals surface area contributed by atoms with Gasteiger partial charge in [-0.2, -0.15) is 5.26 Å². The van der Waals surface area contributed by atoms with Gasteiger partial charge in [-0.25, -0.2) is 0 Å². The van der Waals surface area contributed by atoms with E-state index in [4.69, 9.17) is 17.5 Å². The molecule has 0 bridgehead atoms. The van der Waals surface area contributed by atoms with E-state index in [-0.39, 0.29) is 5.91 Å². The molecule has 114 valence electrons. The van der Waals surface area contributed by atoms with Crippen LogP contribution in [0.15, 0.2) is 29.2 Å². The van der Waals surface area contributed by atoms with E-state index in [0.717, 1.165) is 11.3 Å². The Morgan fingerprint density at radius 2 is 2.09 bits per heavy atom. The number of hydrogen-bond donors (Lipinski definition) is 0. The average Bonchev–Trinajstić information content (AvgIpc) is 2.79. The summed E-state index contributed by atoms with van der Waals surface area (Å²) >= 11 is 6.54. The fourth-order valence-electron chi connectivity index (χ4n) is 2.10. The Morgan fingerprint density at radius 1 is 1.41 bits per heavy atom. The van der Waals surface area contributed by atoms with Crippen molar-refractivity contribution in [3.8, 4) is 6.07 Å². The molecule has 0 radical (unpaired) electrons. The summed E-state index contributed by atoms with van der Waals surface area (Å²) < 4.78 is 0.617. The van der Waals surface area contributed by atoms with Crippen LogP contribution in [0.4, 0.5) is 5.69 Å². The molecule has 0 aromatic heterocycles. The van der Waals surface area contributed by atoms with Crippen molar-refractivity contribution in [1.82, 2.24) is 4.90 Å². The quantitative estimate of drug-likeness (QED) is 0.612. The summed E-state index contributed by atoms with van der Waals surface area (Å²) in [7, 11) is 1.96. The molecule has 1 aromatic carbocycles. The molecule has 1 saturated heterocycles. The number of hydrogen-bond acceptors (Lipinski definition) is 5. The molecule has 0 aliphatic carbocycles. The van der Waals surface area contributed by atoms with Crippen LogP contribution in [0, 0.1) is 11.3 Å². The molecule has 1 aromatic rings. The van der Waals surface area contributed by atoms with Gasteiger partial charge in [0.15, 0.2) is 0 Å². The minimum Gasteiger partial charge on any atom is -0.374 e. The van der Waals surface area contributed by atoms with E-state index in [1.54, 1.807) is 4.90 Å². The SMILES string of the molecule is CCN1C(=O)C(=Cc2ccc(N(C)CCC#N)cc2)SC1=S. The first-order chi connectivity index (χ1) is 10.6. The molecule has 0 atom stereocenters. The van der Waals surface area contributed by atoms with Gasteiger partial charge >= 0.3 is 0 Å². The molecule has 1 aliphatic rings. The molecule has 0 spiro atoms. The van der Waals surface area contributed by atoms with Gasteiger partial charge in [-0.15, -0.1) is 0 Å². The summed E-state index contributed by atoms with van der Waals surface area (Å²) in [6.07, 6.45) is 2.37. The highest BCUT2D eigenvalue weighted by Crippen LogP contribution is 2.32. The standard InChI is InChI=1S/C16H17N3OS2/c1-3-19-15(20)14(22-16(19)21)11-12-5-7-13(8-6-12)18(2)10-4-9-17/h5-8,11H,3-4,10H2,1-2H3. The number of anilines is 1. The van der Waals surface area contributed by atoms with Gasteiger partial charge in [0, 0.05) is 25.8 Å². The summed E-state index contributed by atoms with van der Waals surface area (Å²) in [4.78, 5) is 16.5. The predicted molar refractivity (Wildman–Crippen MR) is 95.5 cm³/mol. The van der Waals surface area contributed by atoms with Crippen molar-refractivity contribution in [2.75, 3.05) is 25.0 Å². The number of rotatable bonds is 5. The van der Waals surface area contributed by atoms with E-state index in [0.29, 0.717) is 28.7 Å². The number of carbonyl (C=O) groups is 1. The van der Waals surface area contributed by atoms with E-state index in [1.165, 1.54) is 11.8 Å². The minimum atomic E-state index is -0.0206. The van der Waals surface area contributed by atoms with E-state index < -0.39 is 0 Å². The van der Waals surface area contributed by atoms with Crippen LogP contribution in [0.3, 0.4) is 0 Å². The summed E-state index contributed by atoms with van der Waals surface area (Å²) in [6, 6.07) is 10.1. The lowest BCUT2D eigenvalue weighted by Gasteiger charge is -2.17. The topological polar surface area (TPSA) is 47.3 Å². The highest BCUT2D eigenvalue weighted by Gasteiger charge is 2.30. The van der Waals surface area contributed by atoms with Crippen molar-refractivity contribution >= 4 is 46.0 Å². The molecule has 0 saturated carbocycles. The smallest absolute Gasteiger partial charge is 0.266 e. The molecule has 1 heterocycles. The van der Waals surface area contributed by atoms with Gasteiger partial charge < -0.3 is 4.90 Å². The number of thioether (sulfide) groups is 1. The Labute approximate surface area is 140 Å². The Kier molecular flexibility index (Phi) is 5.58. The van der Waals surface area contributed by atoms with E-state index in [1.807, 2.05) is 49.2 Å². The van der Waals surface area contributed by atoms with Crippen LogP contribution in [0.25, 0.3) is 6.08 Å². The number of carbonyl (C=O) groups excluding carboxylic acids is 1. The fraction of sp³-hybridized carbons (Fsp3) is 0.312. The van der Waals surface area contributed by atoms with Gasteiger partial charge in [-0.3, -0.25) is 9.69 Å². The zero-order chi connectivity index (χ0) is 16.1. The highest BCUT2D eigenvalue weighted by atomic mass is 32.2. The second kappa shape index (κ2) is 7.43. The molecule has 1 amide bonds. The summed E-state index contributed by atoms with van der Waals surface area (Å²) in [5.41, 5.74) is 2.02. The van der Waals surface area contributed by atoms with E-state index >= 15 is 0 Å². The normalized spacial score (nSPS) is 16.2. The Balaban J connectivity index is 2.12. The maximum Gasteiger partial charge on any atom is 0.266 e. The first kappa shape index (κ1) is 16.5. The number of nitrogens with zero attached hydrogens (tertiary/aromatic N) is 3. The zero-order valence-corrected chi connectivity index (χ0v) is 14.2. The highest BCUT2D eigenvalue weighted by molar-refractivity contribution is 8.26. The van der Waals surface area contributed by atoms with Gasteiger partial charge in [0.2, 0.25) is 0 Å². The lowest BCUT2D eigenvalue weighted by molar-refractivity contribution is -0.121. The molecular weight excluding hydrogens is 314 g/mol. The van der Waals surface area contributed by atoms with Gasteiger partial charge in [-0.1, -0.05) is 36.1 Å². The third-order valence-electron chi connectivity index (χ3n) is 3.38. The molecule has 6 heteroatoms. The number of likely N-dealkylation sites (N-methyl/N-ethyl adjacent to an activating group) is 1. The maximum atomic E-state index is 12.2. The summed E-state index contributed by atoms with van der Waals surface area (Å²) in [5.74, 6) is -0.0206. The van der Waals surface area contributed by atoms with Gasteiger partial charge in [0.05, 0.1) is 17.4 Å². The third kappa shape index (κ3) is 3.67. The zero-order valence-electron chi connectivity index (χ0n) is 12.6. The molecule has 1 fully saturated rings. The number of benzene rings is 1. The molecule has 1 aliphatic heterocycles. The molecule has 2 rings (SSSR count). The lowest BCUT2D eigenvalue weighted by atomic mass is 10.1. The van der Waals surface area contributed by atoms with E-state index in [9.17, 15) is 4.79 Å². The molecular formula is C16H17N3OS2. The van der Waals surface area contributed by atoms with Crippen molar-refractivity contribution in [1.29, 1.82) is 5.26 Å². The molecule has 0 N–H and O–H groups in total. The predicted octanol–water partition coefficient (Wildman–Crippen LogP) is 3.26. The van der Waals surface area contributed by atoms with Gasteiger partial charge in [0.25, 0.3) is 5.91 Å². The number of nitriles is 1. The Hall–Kier alpha value is -1.84. The van der Waals surface area contributed by atoms with Crippen LogP contribution in [0.5, 0.6) is 0 Å². The van der Waals surface area contributed by atoms with Crippen molar-refractivity contribution in [2.45, 2.75) is 13.3 Å². The van der Waals surface area contributed by atoms with Gasteiger partial charge in [-0.05, 0) is 30.7 Å². The third-order valence-corrected chi connectivity index (χ3v) is 4.76. The van der Waals surface area contributed by atoms with Gasteiger partial charge in [0.1, 0.15) is 4.32 Å².